The van der Waals surface area contributed by atoms with Gasteiger partial charge in [0.25, 0.3) is 0 Å². The molecule has 0 unspecified atom stereocenters. The van der Waals surface area contributed by atoms with Gasteiger partial charge in [-0.15, -0.1) is 0 Å². The van der Waals surface area contributed by atoms with Crippen LogP contribution in [0.3, 0.4) is 0 Å². The van der Waals surface area contributed by atoms with Crippen molar-refractivity contribution >= 4 is 59.1 Å². The second-order valence-corrected chi connectivity index (χ2v) is 8.43. The summed E-state index contributed by atoms with van der Waals surface area (Å²) in [5.41, 5.74) is 11.1. The predicted octanol–water partition coefficient (Wildman–Crippen LogP) is 5.15. The molecule has 0 saturated heterocycles. The van der Waals surface area contributed by atoms with Crippen molar-refractivity contribution < 1.29 is 9.21 Å². The van der Waals surface area contributed by atoms with Crippen LogP contribution >= 0.6 is 23.2 Å². The van der Waals surface area contributed by atoms with Gasteiger partial charge in [-0.05, 0) is 29.8 Å². The van der Waals surface area contributed by atoms with Gasteiger partial charge in [-0.2, -0.15) is 0 Å². The Balaban J connectivity index is 2.03. The number of anilines is 1. The van der Waals surface area contributed by atoms with Crippen LogP contribution in [0.2, 0.25) is 10.0 Å². The number of halogens is 2. The maximum absolute atomic E-state index is 12.5. The molecule has 0 radical (unpaired) electrons. The highest BCUT2D eigenvalue weighted by atomic mass is 35.5. The first-order chi connectivity index (χ1) is 14.3. The van der Waals surface area contributed by atoms with E-state index in [1.54, 1.807) is 13.8 Å². The molecule has 4 nitrogen and oxygen atoms in total. The maximum atomic E-state index is 12.5. The van der Waals surface area contributed by atoms with E-state index >= 15 is 0 Å². The summed E-state index contributed by atoms with van der Waals surface area (Å²) >= 11 is 12.6. The molecule has 0 spiro atoms. The molecule has 0 fully saturated rings. The Hall–Kier alpha value is -2.76. The van der Waals surface area contributed by atoms with Crippen LogP contribution in [0.4, 0.5) is 5.69 Å². The van der Waals surface area contributed by atoms with Crippen LogP contribution < -0.4 is 11.2 Å². The molecule has 0 aliphatic carbocycles. The minimum atomic E-state index is -0.241. The summed E-state index contributed by atoms with van der Waals surface area (Å²) in [6.45, 7) is 3.61. The van der Waals surface area contributed by atoms with Gasteiger partial charge < -0.3 is 10.2 Å². The summed E-state index contributed by atoms with van der Waals surface area (Å²) in [5, 5.41) is 1.81. The Kier molecular flexibility index (Phi) is 5.35. The highest BCUT2D eigenvalue weighted by Gasteiger charge is 2.24. The van der Waals surface area contributed by atoms with Crippen molar-refractivity contribution in [2.75, 3.05) is 5.73 Å². The summed E-state index contributed by atoms with van der Waals surface area (Å²) in [7, 11) is 1.98. The maximum Gasteiger partial charge on any atom is 0.229 e. The zero-order chi connectivity index (χ0) is 21.6. The van der Waals surface area contributed by atoms with Crippen molar-refractivity contribution in [3.63, 3.8) is 0 Å². The van der Waals surface area contributed by atoms with Crippen LogP contribution in [0.25, 0.3) is 33.5 Å². The van der Waals surface area contributed by atoms with Crippen LogP contribution in [0.15, 0.2) is 52.9 Å². The van der Waals surface area contributed by atoms with Gasteiger partial charge in [-0.3, -0.25) is 4.79 Å². The van der Waals surface area contributed by atoms with E-state index in [4.69, 9.17) is 38.3 Å². The summed E-state index contributed by atoms with van der Waals surface area (Å²) in [4.78, 5) is 17.3. The van der Waals surface area contributed by atoms with Gasteiger partial charge in [0.2, 0.25) is 11.5 Å². The summed E-state index contributed by atoms with van der Waals surface area (Å²) in [6.07, 6.45) is 0. The molecule has 2 heterocycles. The van der Waals surface area contributed by atoms with Crippen LogP contribution in [0.1, 0.15) is 24.4 Å². The number of nitrogen functional groups attached to an aromatic ring is 1. The molecule has 4 rings (SSSR count). The van der Waals surface area contributed by atoms with Crippen molar-refractivity contribution in [2.24, 2.45) is 5.92 Å². The number of Topliss-reactive ketones (excluding diaryl/α,β-unsaturated/α-hetero) is 1. The lowest BCUT2D eigenvalue weighted by molar-refractivity contribution is 0.0914. The molecule has 0 saturated carbocycles. The monoisotopic (exact) mass is 436 g/mol. The number of aromatic nitrogens is 1. The lowest BCUT2D eigenvalue weighted by Gasteiger charge is -2.12. The van der Waals surface area contributed by atoms with E-state index in [0.29, 0.717) is 32.5 Å². The Morgan fingerprint density at radius 2 is 1.77 bits per heavy atom. The van der Waals surface area contributed by atoms with Gasteiger partial charge in [0, 0.05) is 27.1 Å². The first-order valence-corrected chi connectivity index (χ1v) is 10.3. The molecule has 7 heteroatoms. The number of furan rings is 1. The van der Waals surface area contributed by atoms with Crippen molar-refractivity contribution in [1.29, 1.82) is 0 Å². The van der Waals surface area contributed by atoms with E-state index in [1.807, 2.05) is 56.4 Å². The SMILES string of the molecule is Bc1ccc(-c2nc3oc(C(=O)C(C)C)c(N)c3cc2-c2ccc(Cl)cc2)c(Cl)c1. The topological polar surface area (TPSA) is 69.1 Å². The molecule has 2 N–H and O–H groups in total. The average molecular weight is 437 g/mol. The van der Waals surface area contributed by atoms with Crippen molar-refractivity contribution in [3.05, 3.63) is 64.3 Å². The number of nitrogens with two attached hydrogens (primary N) is 1. The molecule has 0 atom stereocenters. The summed E-state index contributed by atoms with van der Waals surface area (Å²) < 4.78 is 5.81. The number of hydrogen-bond donors (Lipinski definition) is 1. The molecular formula is C23H19BCl2N2O2. The summed E-state index contributed by atoms with van der Waals surface area (Å²) in [6, 6.07) is 15.1. The summed E-state index contributed by atoms with van der Waals surface area (Å²) in [5.74, 6) is -0.259. The first kappa shape index (κ1) is 20.5. The number of rotatable bonds is 4. The molecule has 0 amide bonds. The fourth-order valence-electron chi connectivity index (χ4n) is 3.35. The third kappa shape index (κ3) is 3.60. The molecule has 4 aromatic rings. The van der Waals surface area contributed by atoms with Gasteiger partial charge in [-0.25, -0.2) is 4.98 Å². The lowest BCUT2D eigenvalue weighted by atomic mass is 9.92. The average Bonchev–Trinajstić information content (AvgIpc) is 3.03. The quantitative estimate of drug-likeness (QED) is 0.354. The number of ketones is 1. The molecule has 2 aromatic heterocycles. The van der Waals surface area contributed by atoms with Crippen LogP contribution in [-0.2, 0) is 0 Å². The zero-order valence-electron chi connectivity index (χ0n) is 16.8. The molecule has 30 heavy (non-hydrogen) atoms. The van der Waals surface area contributed by atoms with Gasteiger partial charge in [0.1, 0.15) is 7.85 Å². The van der Waals surface area contributed by atoms with Gasteiger partial charge in [0.05, 0.1) is 16.8 Å². The van der Waals surface area contributed by atoms with E-state index < -0.39 is 0 Å². The molecule has 0 aliphatic rings. The number of carbonyl (C=O) groups is 1. The number of fused-ring (bicyclic) bond motifs is 1. The number of hydrogen-bond acceptors (Lipinski definition) is 4. The van der Waals surface area contributed by atoms with E-state index in [0.717, 1.165) is 22.2 Å². The minimum absolute atomic E-state index is 0.140. The van der Waals surface area contributed by atoms with E-state index in [-0.39, 0.29) is 17.5 Å². The highest BCUT2D eigenvalue weighted by molar-refractivity contribution is 6.38. The molecule has 0 bridgehead atoms. The van der Waals surface area contributed by atoms with Gasteiger partial charge in [-0.1, -0.05) is 66.8 Å². The van der Waals surface area contributed by atoms with E-state index in [1.165, 1.54) is 0 Å². The third-order valence-corrected chi connectivity index (χ3v) is 5.57. The zero-order valence-corrected chi connectivity index (χ0v) is 18.3. The largest absolute Gasteiger partial charge is 0.432 e. The Morgan fingerprint density at radius 3 is 2.40 bits per heavy atom. The Labute approximate surface area is 185 Å². The fourth-order valence-corrected chi connectivity index (χ4v) is 3.80. The predicted molar refractivity (Wildman–Crippen MR) is 127 cm³/mol. The Morgan fingerprint density at radius 1 is 1.07 bits per heavy atom. The minimum Gasteiger partial charge on any atom is -0.432 e. The van der Waals surface area contributed by atoms with Crippen LogP contribution in [0, 0.1) is 5.92 Å². The van der Waals surface area contributed by atoms with Crippen molar-refractivity contribution in [2.45, 2.75) is 13.8 Å². The van der Waals surface area contributed by atoms with Crippen molar-refractivity contribution in [3.8, 4) is 22.4 Å². The number of carbonyl (C=O) groups excluding carboxylic acids is 1. The Bertz CT molecular complexity index is 1280. The molecule has 0 aliphatic heterocycles. The fraction of sp³-hybridized carbons (Fsp3) is 0.130. The number of benzene rings is 2. The first-order valence-electron chi connectivity index (χ1n) is 9.56. The normalized spacial score (nSPS) is 11.4. The second-order valence-electron chi connectivity index (χ2n) is 7.59. The third-order valence-electron chi connectivity index (χ3n) is 5.00. The van der Waals surface area contributed by atoms with Crippen LogP contribution in [-0.4, -0.2) is 18.6 Å². The standard InChI is InChI=1S/C23H19BCl2N2O2/c1-11(2)21(29)22-19(27)17-10-16(12-3-6-14(25)7-4-12)20(28-23(17)30-22)15-8-5-13(24)9-18(15)26/h3-11H,24,27H2,1-2H3. The molecule has 150 valence electrons. The lowest BCUT2D eigenvalue weighted by Crippen LogP contribution is -2.08. The molecule has 2 aromatic carbocycles. The molecular weight excluding hydrogens is 418 g/mol. The van der Waals surface area contributed by atoms with Gasteiger partial charge in [0.15, 0.2) is 5.76 Å². The van der Waals surface area contributed by atoms with Gasteiger partial charge >= 0.3 is 0 Å². The highest BCUT2D eigenvalue weighted by Crippen LogP contribution is 2.39. The van der Waals surface area contributed by atoms with Crippen molar-refractivity contribution in [1.82, 2.24) is 4.98 Å². The van der Waals surface area contributed by atoms with E-state index in [9.17, 15) is 4.79 Å². The second kappa shape index (κ2) is 7.82. The van der Waals surface area contributed by atoms with E-state index in [2.05, 4.69) is 0 Å². The number of nitrogens with zero attached hydrogens (tertiary/aromatic N) is 1. The smallest absolute Gasteiger partial charge is 0.229 e. The number of pyridine rings is 1. The van der Waals surface area contributed by atoms with Crippen LogP contribution in [0.5, 0.6) is 0 Å².